The molecule has 2 rings (SSSR count). The Bertz CT molecular complexity index is 563. The molecule has 0 fully saturated rings. The van der Waals surface area contributed by atoms with Crippen LogP contribution in [-0.4, -0.2) is 9.22 Å². The average molecular weight is 357 g/mol. The summed E-state index contributed by atoms with van der Waals surface area (Å²) in [5.74, 6) is 0. The molecule has 0 bridgehead atoms. The first kappa shape index (κ1) is 18.9. The molecule has 1 nitrogen and oxygen atoms in total. The van der Waals surface area contributed by atoms with Gasteiger partial charge in [-0.05, 0) is 48.8 Å². The van der Waals surface area contributed by atoms with E-state index in [1.165, 1.54) is 11.1 Å². The summed E-state index contributed by atoms with van der Waals surface area (Å²) in [5, 5.41) is 0. The van der Waals surface area contributed by atoms with Crippen LogP contribution in [-0.2, 0) is 0 Å². The van der Waals surface area contributed by atoms with Crippen LogP contribution in [0.1, 0.15) is 62.7 Å². The van der Waals surface area contributed by atoms with Crippen molar-refractivity contribution in [3.05, 3.63) is 71.8 Å². The number of benzene rings is 2. The van der Waals surface area contributed by atoms with Gasteiger partial charge in [-0.1, -0.05) is 87.4 Å². The van der Waals surface area contributed by atoms with Gasteiger partial charge >= 0.3 is 0 Å². The molecule has 0 saturated heterocycles. The third-order valence-corrected chi connectivity index (χ3v) is 4.80. The fraction of sp³-hybridized carbons (Fsp3) is 0.381. The average Bonchev–Trinajstić information content (AvgIpc) is 2.61. The molecule has 0 aliphatic rings. The van der Waals surface area contributed by atoms with Crippen molar-refractivity contribution in [2.24, 2.45) is 0 Å². The first-order valence-electron chi connectivity index (χ1n) is 8.78. The summed E-state index contributed by atoms with van der Waals surface area (Å²) in [6.07, 6.45) is 4.30. The summed E-state index contributed by atoms with van der Waals surface area (Å²) in [6.45, 7) is 4.44. The highest BCUT2D eigenvalue weighted by atomic mass is 32.1. The summed E-state index contributed by atoms with van der Waals surface area (Å²) in [6, 6.07) is 21.7. The molecule has 0 aromatic heterocycles. The van der Waals surface area contributed by atoms with E-state index >= 15 is 0 Å². The zero-order valence-electron chi connectivity index (χ0n) is 14.5. The van der Waals surface area contributed by atoms with Crippen LogP contribution in [0.5, 0.6) is 0 Å². The molecule has 0 aliphatic heterocycles. The molecule has 3 heteroatoms. The largest absolute Gasteiger partial charge is 0.340 e. The van der Waals surface area contributed by atoms with Crippen LogP contribution in [0.25, 0.3) is 0 Å². The molecule has 2 atom stereocenters. The van der Waals surface area contributed by atoms with Crippen molar-refractivity contribution in [1.82, 2.24) is 4.90 Å². The summed E-state index contributed by atoms with van der Waals surface area (Å²) < 4.78 is 0.569. The first-order chi connectivity index (χ1) is 11.7. The van der Waals surface area contributed by atoms with E-state index in [9.17, 15) is 0 Å². The van der Waals surface area contributed by atoms with Crippen molar-refractivity contribution in [2.45, 2.75) is 51.6 Å². The topological polar surface area (TPSA) is 3.24 Å². The Morgan fingerprint density at radius 3 is 1.46 bits per heavy atom. The van der Waals surface area contributed by atoms with E-state index in [4.69, 9.17) is 24.8 Å². The van der Waals surface area contributed by atoms with Crippen molar-refractivity contribution >= 4 is 29.2 Å². The van der Waals surface area contributed by atoms with Crippen LogP contribution >= 0.6 is 24.8 Å². The molecule has 24 heavy (non-hydrogen) atoms. The molecule has 0 heterocycles. The van der Waals surface area contributed by atoms with E-state index < -0.39 is 0 Å². The Morgan fingerprint density at radius 2 is 1.17 bits per heavy atom. The number of rotatable bonds is 8. The summed E-state index contributed by atoms with van der Waals surface area (Å²) in [4.78, 5) is 2.29. The molecule has 2 unspecified atom stereocenters. The predicted octanol–water partition coefficient (Wildman–Crippen LogP) is 6.85. The lowest BCUT2D eigenvalue weighted by atomic mass is 9.94. The standard InChI is InChI=1S/C21H26NS2/c1-3-11-19(17-13-7-5-8-14-17)22(21(23)24)20(12-4-2)18-15-9-6-10-16-18/h5-10,13-16,19-20H,3-4,11-12H2,1-2H3. The maximum Gasteiger partial charge on any atom is 0.168 e. The van der Waals surface area contributed by atoms with Gasteiger partial charge in [0.05, 0.1) is 12.1 Å². The highest BCUT2D eigenvalue weighted by molar-refractivity contribution is 8.10. The fourth-order valence-electron chi connectivity index (χ4n) is 3.30. The third kappa shape index (κ3) is 4.78. The maximum absolute atomic E-state index is 5.54. The number of thiocarbonyl (C=S) groups is 1. The molecule has 0 aliphatic carbocycles. The van der Waals surface area contributed by atoms with Crippen molar-refractivity contribution < 1.29 is 0 Å². The minimum atomic E-state index is 0.234. The molecule has 127 valence electrons. The Balaban J connectivity index is 2.45. The maximum atomic E-state index is 5.54. The Hall–Kier alpha value is -1.45. The molecular formula is C21H26NS2. The smallest absolute Gasteiger partial charge is 0.168 e. The summed E-state index contributed by atoms with van der Waals surface area (Å²) >= 11 is 11.1. The second-order valence-electron chi connectivity index (χ2n) is 6.10. The van der Waals surface area contributed by atoms with Crippen molar-refractivity contribution in [3.8, 4) is 0 Å². The lowest BCUT2D eigenvalue weighted by Gasteiger charge is -2.39. The highest BCUT2D eigenvalue weighted by Gasteiger charge is 2.29. The van der Waals surface area contributed by atoms with Gasteiger partial charge in [0, 0.05) is 0 Å². The Kier molecular flexibility index (Phi) is 7.67. The minimum Gasteiger partial charge on any atom is -0.340 e. The molecule has 0 saturated carbocycles. The number of hydrogen-bond acceptors (Lipinski definition) is 1. The van der Waals surface area contributed by atoms with Crippen molar-refractivity contribution in [3.63, 3.8) is 0 Å². The Morgan fingerprint density at radius 1 is 0.792 bits per heavy atom. The van der Waals surface area contributed by atoms with E-state index in [1.54, 1.807) is 0 Å². The quantitative estimate of drug-likeness (QED) is 0.476. The van der Waals surface area contributed by atoms with Crippen LogP contribution in [0.15, 0.2) is 60.7 Å². The van der Waals surface area contributed by atoms with E-state index in [2.05, 4.69) is 79.4 Å². The molecule has 0 N–H and O–H groups in total. The van der Waals surface area contributed by atoms with Gasteiger partial charge in [0.15, 0.2) is 4.32 Å². The summed E-state index contributed by atoms with van der Waals surface area (Å²) in [7, 11) is 0. The van der Waals surface area contributed by atoms with Crippen LogP contribution in [0.2, 0.25) is 0 Å². The number of hydrogen-bond donors (Lipinski definition) is 0. The van der Waals surface area contributed by atoms with Crippen LogP contribution in [0.4, 0.5) is 0 Å². The van der Waals surface area contributed by atoms with Gasteiger partial charge in [-0.3, -0.25) is 0 Å². The highest BCUT2D eigenvalue weighted by Crippen LogP contribution is 2.37. The van der Waals surface area contributed by atoms with Gasteiger partial charge in [-0.2, -0.15) is 0 Å². The first-order valence-corrected chi connectivity index (χ1v) is 9.59. The monoisotopic (exact) mass is 356 g/mol. The molecule has 2 aromatic carbocycles. The van der Waals surface area contributed by atoms with Gasteiger partial charge in [-0.15, -0.1) is 0 Å². The van der Waals surface area contributed by atoms with E-state index in [0.29, 0.717) is 4.32 Å². The minimum absolute atomic E-state index is 0.234. The second-order valence-corrected chi connectivity index (χ2v) is 7.14. The Labute approximate surface area is 157 Å². The van der Waals surface area contributed by atoms with Gasteiger partial charge in [0.25, 0.3) is 0 Å². The predicted molar refractivity (Wildman–Crippen MR) is 110 cm³/mol. The second kappa shape index (κ2) is 9.75. The zero-order valence-corrected chi connectivity index (χ0v) is 16.2. The van der Waals surface area contributed by atoms with E-state index in [1.807, 2.05) is 0 Å². The number of nitrogens with zero attached hydrogens (tertiary/aromatic N) is 1. The van der Waals surface area contributed by atoms with Crippen LogP contribution in [0.3, 0.4) is 0 Å². The van der Waals surface area contributed by atoms with Gasteiger partial charge < -0.3 is 4.90 Å². The molecule has 0 spiro atoms. The van der Waals surface area contributed by atoms with Gasteiger partial charge in [0.2, 0.25) is 0 Å². The molecule has 1 radical (unpaired) electrons. The molecule has 2 aromatic rings. The third-order valence-electron chi connectivity index (χ3n) is 4.38. The molecule has 0 amide bonds. The van der Waals surface area contributed by atoms with Crippen LogP contribution < -0.4 is 0 Å². The van der Waals surface area contributed by atoms with Crippen LogP contribution in [0, 0.1) is 0 Å². The lowest BCUT2D eigenvalue weighted by Crippen LogP contribution is -2.35. The van der Waals surface area contributed by atoms with Gasteiger partial charge in [0.1, 0.15) is 0 Å². The normalized spacial score (nSPS) is 13.2. The van der Waals surface area contributed by atoms with Crippen molar-refractivity contribution in [1.29, 1.82) is 0 Å². The summed E-state index contributed by atoms with van der Waals surface area (Å²) in [5.41, 5.74) is 2.59. The lowest BCUT2D eigenvalue weighted by molar-refractivity contribution is 0.223. The fourth-order valence-corrected chi connectivity index (χ4v) is 3.81. The zero-order chi connectivity index (χ0) is 17.4. The molecular weight excluding hydrogens is 330 g/mol. The van der Waals surface area contributed by atoms with Gasteiger partial charge in [-0.25, -0.2) is 0 Å². The van der Waals surface area contributed by atoms with E-state index in [0.717, 1.165) is 25.7 Å². The van der Waals surface area contributed by atoms with E-state index in [-0.39, 0.29) is 12.1 Å². The SMILES string of the molecule is CCCC(c1ccccc1)N(C([S])=S)C(CCC)c1ccccc1. The van der Waals surface area contributed by atoms with Crippen molar-refractivity contribution in [2.75, 3.05) is 0 Å².